The molecule has 0 radical (unpaired) electrons. The first-order valence-corrected chi connectivity index (χ1v) is 5.83. The quantitative estimate of drug-likeness (QED) is 0.699. The van der Waals surface area contributed by atoms with Crippen LogP contribution in [0.2, 0.25) is 0 Å². The van der Waals surface area contributed by atoms with Gasteiger partial charge < -0.3 is 4.74 Å². The molecule has 0 saturated carbocycles. The molecular weight excluding hydrogens is 229 g/mol. The van der Waals surface area contributed by atoms with Gasteiger partial charge in [0.2, 0.25) is 5.69 Å². The van der Waals surface area contributed by atoms with Gasteiger partial charge in [0.1, 0.15) is 11.6 Å². The van der Waals surface area contributed by atoms with E-state index in [0.717, 1.165) is 22.6 Å². The lowest BCUT2D eigenvalue weighted by molar-refractivity contribution is -0.476. The fourth-order valence-electron chi connectivity index (χ4n) is 2.09. The number of nitrogens with zero attached hydrogens (tertiary/aromatic N) is 1. The summed E-state index contributed by atoms with van der Waals surface area (Å²) in [5.74, 6) is 0.698. The topological polar surface area (TPSA) is 12.2 Å². The van der Waals surface area contributed by atoms with Gasteiger partial charge in [-0.05, 0) is 30.7 Å². The maximum Gasteiger partial charge on any atom is 0.292 e. The van der Waals surface area contributed by atoms with Gasteiger partial charge in [0.15, 0.2) is 6.21 Å². The van der Waals surface area contributed by atoms with Crippen LogP contribution >= 0.6 is 0 Å². The summed E-state index contributed by atoms with van der Waals surface area (Å²) in [5, 5.41) is 0. The third-order valence-electron chi connectivity index (χ3n) is 3.04. The van der Waals surface area contributed by atoms with Crippen molar-refractivity contribution in [3.05, 3.63) is 59.4 Å². The van der Waals surface area contributed by atoms with Gasteiger partial charge in [0.25, 0.3) is 6.73 Å². The number of hydrogen-bond donors (Lipinski definition) is 0. The number of halogens is 1. The van der Waals surface area contributed by atoms with E-state index in [-0.39, 0.29) is 5.82 Å². The summed E-state index contributed by atoms with van der Waals surface area (Å²) in [5.41, 5.74) is 3.09. The van der Waals surface area contributed by atoms with Gasteiger partial charge in [-0.3, -0.25) is 0 Å². The van der Waals surface area contributed by atoms with E-state index in [0.29, 0.717) is 6.73 Å². The third-order valence-corrected chi connectivity index (χ3v) is 3.04. The number of para-hydroxylation sites is 1. The van der Waals surface area contributed by atoms with E-state index in [9.17, 15) is 4.39 Å². The largest absolute Gasteiger partial charge is 0.435 e. The molecular formula is C15H13FNO+. The molecule has 2 aromatic carbocycles. The molecule has 0 spiro atoms. The first-order valence-electron chi connectivity index (χ1n) is 5.83. The molecule has 0 aromatic heterocycles. The van der Waals surface area contributed by atoms with Gasteiger partial charge in [0.05, 0.1) is 5.56 Å². The number of fused-ring (bicyclic) bond motifs is 1. The van der Waals surface area contributed by atoms with E-state index in [1.54, 1.807) is 12.1 Å². The highest BCUT2D eigenvalue weighted by Gasteiger charge is 2.19. The van der Waals surface area contributed by atoms with Crippen molar-refractivity contribution in [3.63, 3.8) is 0 Å². The molecule has 1 aliphatic rings. The van der Waals surface area contributed by atoms with E-state index in [1.807, 2.05) is 35.9 Å². The Balaban J connectivity index is 2.03. The Kier molecular flexibility index (Phi) is 2.59. The number of hydrogen-bond acceptors (Lipinski definition) is 1. The molecule has 0 atom stereocenters. The van der Waals surface area contributed by atoms with Crippen molar-refractivity contribution in [1.82, 2.24) is 0 Å². The van der Waals surface area contributed by atoms with Gasteiger partial charge in [0, 0.05) is 12.1 Å². The smallest absolute Gasteiger partial charge is 0.292 e. The van der Waals surface area contributed by atoms with Crippen molar-refractivity contribution < 1.29 is 13.7 Å². The molecule has 90 valence electrons. The average molecular weight is 242 g/mol. The SMILES string of the molecule is Cc1cccc2c1OC[N+](c1ccc(F)cc1)=C2. The normalized spacial score (nSPS) is 13.6. The van der Waals surface area contributed by atoms with Crippen LogP contribution < -0.4 is 4.74 Å². The number of ether oxygens (including phenoxy) is 1. The second-order valence-electron chi connectivity index (χ2n) is 4.34. The van der Waals surface area contributed by atoms with E-state index < -0.39 is 0 Å². The summed E-state index contributed by atoms with van der Waals surface area (Å²) in [6.45, 7) is 2.48. The molecule has 0 amide bonds. The molecule has 0 saturated heterocycles. The van der Waals surface area contributed by atoms with Crippen LogP contribution in [0.15, 0.2) is 42.5 Å². The molecule has 3 heteroatoms. The third kappa shape index (κ3) is 1.88. The molecule has 1 aliphatic heterocycles. The summed E-state index contributed by atoms with van der Waals surface area (Å²) < 4.78 is 20.6. The summed E-state index contributed by atoms with van der Waals surface area (Å²) in [6, 6.07) is 12.4. The fourth-order valence-corrected chi connectivity index (χ4v) is 2.09. The summed E-state index contributed by atoms with van der Waals surface area (Å²) in [4.78, 5) is 0. The van der Waals surface area contributed by atoms with Crippen molar-refractivity contribution in [2.45, 2.75) is 6.92 Å². The predicted molar refractivity (Wildman–Crippen MR) is 68.2 cm³/mol. The molecule has 3 rings (SSSR count). The van der Waals surface area contributed by atoms with E-state index >= 15 is 0 Å². The van der Waals surface area contributed by atoms with Crippen molar-refractivity contribution in [2.75, 3.05) is 6.73 Å². The number of aryl methyl sites for hydroxylation is 1. The molecule has 0 fully saturated rings. The van der Waals surface area contributed by atoms with Gasteiger partial charge in [-0.15, -0.1) is 0 Å². The monoisotopic (exact) mass is 242 g/mol. The lowest BCUT2D eigenvalue weighted by atomic mass is 10.1. The summed E-state index contributed by atoms with van der Waals surface area (Å²) in [7, 11) is 0. The molecule has 0 N–H and O–H groups in total. The van der Waals surface area contributed by atoms with E-state index in [2.05, 4.69) is 0 Å². The Hall–Kier alpha value is -2.16. The molecule has 0 unspecified atom stereocenters. The zero-order valence-electron chi connectivity index (χ0n) is 10.1. The maximum absolute atomic E-state index is 12.9. The summed E-state index contributed by atoms with van der Waals surface area (Å²) >= 11 is 0. The Labute approximate surface area is 105 Å². The van der Waals surface area contributed by atoms with Crippen LogP contribution in [0.4, 0.5) is 10.1 Å². The minimum absolute atomic E-state index is 0.229. The van der Waals surface area contributed by atoms with Crippen LogP contribution in [0.1, 0.15) is 11.1 Å². The standard InChI is InChI=1S/C15H13FNO/c1-11-3-2-4-12-9-17(10-18-15(11)12)14-7-5-13(16)6-8-14/h2-9H,10H2,1H3/q+1. The van der Waals surface area contributed by atoms with E-state index in [4.69, 9.17) is 4.74 Å². The van der Waals surface area contributed by atoms with E-state index in [1.165, 1.54) is 12.1 Å². The van der Waals surface area contributed by atoms with Crippen LogP contribution in [0.25, 0.3) is 0 Å². The van der Waals surface area contributed by atoms with Crippen LogP contribution in [0.3, 0.4) is 0 Å². The van der Waals surface area contributed by atoms with Crippen molar-refractivity contribution in [3.8, 4) is 5.75 Å². The second kappa shape index (κ2) is 4.26. The minimum Gasteiger partial charge on any atom is -0.435 e. The van der Waals surface area contributed by atoms with Crippen molar-refractivity contribution >= 4 is 11.9 Å². The molecule has 2 nitrogen and oxygen atoms in total. The molecule has 0 bridgehead atoms. The van der Waals surface area contributed by atoms with Gasteiger partial charge in [-0.2, -0.15) is 4.58 Å². The highest BCUT2D eigenvalue weighted by molar-refractivity contribution is 5.82. The average Bonchev–Trinajstić information content (AvgIpc) is 2.39. The van der Waals surface area contributed by atoms with Gasteiger partial charge in [-0.25, -0.2) is 4.39 Å². The van der Waals surface area contributed by atoms with Gasteiger partial charge in [-0.1, -0.05) is 12.1 Å². The Morgan fingerprint density at radius 3 is 2.67 bits per heavy atom. The van der Waals surface area contributed by atoms with Crippen LogP contribution in [0, 0.1) is 12.7 Å². The lowest BCUT2D eigenvalue weighted by Crippen LogP contribution is -2.21. The molecule has 0 aliphatic carbocycles. The Bertz CT molecular complexity index is 617. The van der Waals surface area contributed by atoms with Crippen molar-refractivity contribution in [1.29, 1.82) is 0 Å². The summed E-state index contributed by atoms with van der Waals surface area (Å²) in [6.07, 6.45) is 2.03. The highest BCUT2D eigenvalue weighted by atomic mass is 19.1. The second-order valence-corrected chi connectivity index (χ2v) is 4.34. The zero-order valence-corrected chi connectivity index (χ0v) is 10.1. The Morgan fingerprint density at radius 1 is 1.11 bits per heavy atom. The predicted octanol–water partition coefficient (Wildman–Crippen LogP) is 3.25. The van der Waals surface area contributed by atoms with Crippen LogP contribution in [-0.4, -0.2) is 17.5 Å². The molecule has 2 aromatic rings. The first-order chi connectivity index (χ1) is 8.74. The number of rotatable bonds is 1. The maximum atomic E-state index is 12.9. The molecule has 18 heavy (non-hydrogen) atoms. The first kappa shape index (κ1) is 11.0. The van der Waals surface area contributed by atoms with Crippen LogP contribution in [0.5, 0.6) is 5.75 Å². The minimum atomic E-state index is -0.229. The molecule has 1 heterocycles. The van der Waals surface area contributed by atoms with Crippen molar-refractivity contribution in [2.24, 2.45) is 0 Å². The Morgan fingerprint density at radius 2 is 1.89 bits per heavy atom. The fraction of sp³-hybridized carbons (Fsp3) is 0.133. The van der Waals surface area contributed by atoms with Crippen LogP contribution in [-0.2, 0) is 0 Å². The lowest BCUT2D eigenvalue weighted by Gasteiger charge is -2.15. The zero-order chi connectivity index (χ0) is 12.5. The number of benzene rings is 2. The highest BCUT2D eigenvalue weighted by Crippen LogP contribution is 2.26. The van der Waals surface area contributed by atoms with Gasteiger partial charge >= 0.3 is 0 Å².